The standard InChI is InChI=1S/C15H13ClN2O4S/c1-10-2-5-13(9-14(10)16)23(21,22)17-7-6-11-3-4-12(18(19)20)8-15(11)17/h2-5,8-9H,6-7H2,1H3. The van der Waals surface area contributed by atoms with Crippen molar-refractivity contribution in [2.45, 2.75) is 18.2 Å². The van der Waals surface area contributed by atoms with Crippen molar-refractivity contribution in [3.05, 3.63) is 62.7 Å². The Morgan fingerprint density at radius 2 is 1.96 bits per heavy atom. The molecule has 0 fully saturated rings. The molecule has 120 valence electrons. The van der Waals surface area contributed by atoms with Crippen molar-refractivity contribution in [1.82, 2.24) is 0 Å². The van der Waals surface area contributed by atoms with Crippen LogP contribution in [0.2, 0.25) is 5.02 Å². The highest BCUT2D eigenvalue weighted by Gasteiger charge is 2.32. The fraction of sp³-hybridized carbons (Fsp3) is 0.200. The Morgan fingerprint density at radius 1 is 1.22 bits per heavy atom. The monoisotopic (exact) mass is 352 g/mol. The third-order valence-electron chi connectivity index (χ3n) is 3.86. The summed E-state index contributed by atoms with van der Waals surface area (Å²) in [5, 5.41) is 11.3. The first-order valence-electron chi connectivity index (χ1n) is 6.87. The lowest BCUT2D eigenvalue weighted by atomic mass is 10.1. The molecule has 0 unspecified atom stereocenters. The maximum Gasteiger partial charge on any atom is 0.271 e. The van der Waals surface area contributed by atoms with Gasteiger partial charge < -0.3 is 0 Å². The Kier molecular flexibility index (Phi) is 3.77. The van der Waals surface area contributed by atoms with Gasteiger partial charge in [0, 0.05) is 23.7 Å². The number of nitrogens with zero attached hydrogens (tertiary/aromatic N) is 2. The van der Waals surface area contributed by atoms with Gasteiger partial charge in [0.25, 0.3) is 15.7 Å². The highest BCUT2D eigenvalue weighted by atomic mass is 35.5. The Morgan fingerprint density at radius 3 is 2.61 bits per heavy atom. The van der Waals surface area contributed by atoms with Gasteiger partial charge in [-0.1, -0.05) is 23.7 Å². The summed E-state index contributed by atoms with van der Waals surface area (Å²) in [7, 11) is -3.81. The third kappa shape index (κ3) is 2.66. The summed E-state index contributed by atoms with van der Waals surface area (Å²) >= 11 is 6.02. The summed E-state index contributed by atoms with van der Waals surface area (Å²) < 4.78 is 26.9. The van der Waals surface area contributed by atoms with Gasteiger partial charge in [-0.2, -0.15) is 0 Å². The molecule has 1 aliphatic heterocycles. The van der Waals surface area contributed by atoms with Crippen molar-refractivity contribution in [2.75, 3.05) is 10.8 Å². The predicted molar refractivity (Wildman–Crippen MR) is 87.5 cm³/mol. The molecule has 0 saturated heterocycles. The molecule has 0 spiro atoms. The lowest BCUT2D eigenvalue weighted by molar-refractivity contribution is -0.384. The van der Waals surface area contributed by atoms with Crippen LogP contribution in [-0.2, 0) is 16.4 Å². The fourth-order valence-electron chi connectivity index (χ4n) is 2.56. The zero-order valence-corrected chi connectivity index (χ0v) is 13.8. The second-order valence-electron chi connectivity index (χ2n) is 5.31. The minimum absolute atomic E-state index is 0.0763. The van der Waals surface area contributed by atoms with E-state index in [1.807, 2.05) is 0 Å². The molecule has 0 amide bonds. The van der Waals surface area contributed by atoms with Crippen LogP contribution < -0.4 is 4.31 Å². The van der Waals surface area contributed by atoms with Crippen LogP contribution in [0.25, 0.3) is 0 Å². The van der Waals surface area contributed by atoms with Crippen LogP contribution in [0, 0.1) is 17.0 Å². The second-order valence-corrected chi connectivity index (χ2v) is 7.58. The topological polar surface area (TPSA) is 80.5 Å². The summed E-state index contributed by atoms with van der Waals surface area (Å²) in [5.41, 5.74) is 1.78. The molecule has 1 aliphatic rings. The minimum Gasteiger partial charge on any atom is -0.265 e. The molecule has 0 saturated carbocycles. The summed E-state index contributed by atoms with van der Waals surface area (Å²) in [6.45, 7) is 2.04. The summed E-state index contributed by atoms with van der Waals surface area (Å²) in [4.78, 5) is 10.5. The normalized spacial score (nSPS) is 13.9. The largest absolute Gasteiger partial charge is 0.271 e. The van der Waals surface area contributed by atoms with E-state index in [-0.39, 0.29) is 17.1 Å². The zero-order valence-electron chi connectivity index (χ0n) is 12.2. The SMILES string of the molecule is Cc1ccc(S(=O)(=O)N2CCc3ccc([N+](=O)[O-])cc32)cc1Cl. The van der Waals surface area contributed by atoms with Gasteiger partial charge in [-0.05, 0) is 36.6 Å². The van der Waals surface area contributed by atoms with E-state index in [9.17, 15) is 18.5 Å². The van der Waals surface area contributed by atoms with Crippen molar-refractivity contribution in [1.29, 1.82) is 0 Å². The molecule has 3 rings (SSSR count). The predicted octanol–water partition coefficient (Wildman–Crippen LogP) is 3.31. The quantitative estimate of drug-likeness (QED) is 0.627. The Labute approximate surface area is 138 Å². The van der Waals surface area contributed by atoms with Gasteiger partial charge in [0.05, 0.1) is 15.5 Å². The molecular weight excluding hydrogens is 340 g/mol. The van der Waals surface area contributed by atoms with E-state index in [1.54, 1.807) is 19.1 Å². The number of benzene rings is 2. The lowest BCUT2D eigenvalue weighted by Gasteiger charge is -2.19. The van der Waals surface area contributed by atoms with Crippen LogP contribution in [0.5, 0.6) is 0 Å². The highest BCUT2D eigenvalue weighted by Crippen LogP contribution is 2.36. The molecule has 1 heterocycles. The summed E-state index contributed by atoms with van der Waals surface area (Å²) in [6.07, 6.45) is 0.520. The number of hydrogen-bond donors (Lipinski definition) is 0. The van der Waals surface area contributed by atoms with Crippen molar-refractivity contribution >= 4 is 33.0 Å². The van der Waals surface area contributed by atoms with Gasteiger partial charge in [-0.15, -0.1) is 0 Å². The fourth-order valence-corrected chi connectivity index (χ4v) is 4.33. The molecule has 2 aromatic carbocycles. The summed E-state index contributed by atoms with van der Waals surface area (Å²) in [5.74, 6) is 0. The average molecular weight is 353 g/mol. The molecule has 8 heteroatoms. The minimum atomic E-state index is -3.81. The molecule has 0 aliphatic carbocycles. The van der Waals surface area contributed by atoms with Crippen LogP contribution in [0.3, 0.4) is 0 Å². The maximum atomic E-state index is 12.8. The molecule has 0 N–H and O–H groups in total. The number of anilines is 1. The number of nitro benzene ring substituents is 1. The van der Waals surface area contributed by atoms with Crippen molar-refractivity contribution in [2.24, 2.45) is 0 Å². The first kappa shape index (κ1) is 15.8. The van der Waals surface area contributed by atoms with E-state index in [2.05, 4.69) is 0 Å². The molecule has 2 aromatic rings. The van der Waals surface area contributed by atoms with Crippen molar-refractivity contribution in [3.8, 4) is 0 Å². The number of aryl methyl sites for hydroxylation is 1. The van der Waals surface area contributed by atoms with Crippen molar-refractivity contribution in [3.63, 3.8) is 0 Å². The number of rotatable bonds is 3. The molecule has 0 aromatic heterocycles. The molecule has 23 heavy (non-hydrogen) atoms. The van der Waals surface area contributed by atoms with Gasteiger partial charge in [-0.25, -0.2) is 8.42 Å². The first-order valence-corrected chi connectivity index (χ1v) is 8.69. The smallest absolute Gasteiger partial charge is 0.265 e. The van der Waals surface area contributed by atoms with E-state index in [4.69, 9.17) is 11.6 Å². The van der Waals surface area contributed by atoms with Crippen LogP contribution in [0.1, 0.15) is 11.1 Å². The average Bonchev–Trinajstić information content (AvgIpc) is 2.93. The van der Waals surface area contributed by atoms with Gasteiger partial charge in [0.1, 0.15) is 0 Å². The van der Waals surface area contributed by atoms with Crippen LogP contribution in [0.4, 0.5) is 11.4 Å². The lowest BCUT2D eigenvalue weighted by Crippen LogP contribution is -2.29. The molecule has 6 nitrogen and oxygen atoms in total. The van der Waals surface area contributed by atoms with Gasteiger partial charge in [-0.3, -0.25) is 14.4 Å². The Balaban J connectivity index is 2.08. The van der Waals surface area contributed by atoms with E-state index < -0.39 is 14.9 Å². The number of halogens is 1. The van der Waals surface area contributed by atoms with E-state index in [0.717, 1.165) is 11.1 Å². The first-order chi connectivity index (χ1) is 10.8. The van der Waals surface area contributed by atoms with Crippen LogP contribution in [0.15, 0.2) is 41.3 Å². The van der Waals surface area contributed by atoms with Gasteiger partial charge in [0.15, 0.2) is 0 Å². The van der Waals surface area contributed by atoms with Crippen LogP contribution in [-0.4, -0.2) is 19.9 Å². The van der Waals surface area contributed by atoms with E-state index in [0.29, 0.717) is 17.1 Å². The summed E-state index contributed by atoms with van der Waals surface area (Å²) in [6, 6.07) is 8.82. The third-order valence-corrected chi connectivity index (χ3v) is 6.08. The maximum absolute atomic E-state index is 12.8. The zero-order chi connectivity index (χ0) is 16.8. The van der Waals surface area contributed by atoms with E-state index >= 15 is 0 Å². The van der Waals surface area contributed by atoms with Crippen LogP contribution >= 0.6 is 11.6 Å². The van der Waals surface area contributed by atoms with Gasteiger partial charge in [0.2, 0.25) is 0 Å². The number of non-ortho nitro benzene ring substituents is 1. The Hall–Kier alpha value is -2.12. The molecule has 0 radical (unpaired) electrons. The van der Waals surface area contributed by atoms with E-state index in [1.165, 1.54) is 28.6 Å². The number of nitro groups is 1. The molecular formula is C15H13ClN2O4S. The van der Waals surface area contributed by atoms with Gasteiger partial charge >= 0.3 is 0 Å². The Bertz CT molecular complexity index is 912. The highest BCUT2D eigenvalue weighted by molar-refractivity contribution is 7.92. The van der Waals surface area contributed by atoms with Crippen molar-refractivity contribution < 1.29 is 13.3 Å². The molecule has 0 bridgehead atoms. The number of fused-ring (bicyclic) bond motifs is 1. The molecule has 0 atom stereocenters. The second kappa shape index (κ2) is 5.50. The number of hydrogen-bond acceptors (Lipinski definition) is 4. The number of sulfonamides is 1.